The Morgan fingerprint density at radius 3 is 2.05 bits per heavy atom. The zero-order valence-electron chi connectivity index (χ0n) is 11.7. The monoisotopic (exact) mass is 304 g/mol. The Labute approximate surface area is 131 Å². The number of nitrogens with two attached hydrogens (primary N) is 1. The summed E-state index contributed by atoms with van der Waals surface area (Å²) in [6.07, 6.45) is 1.22. The number of benzene rings is 2. The van der Waals surface area contributed by atoms with E-state index >= 15 is 0 Å². The molecule has 2 rings (SSSR count). The maximum Gasteiger partial charge on any atom is 0.323 e. The van der Waals surface area contributed by atoms with Gasteiger partial charge in [0.2, 0.25) is 0 Å². The van der Waals surface area contributed by atoms with Gasteiger partial charge in [-0.1, -0.05) is 60.7 Å². The molecule has 0 radical (unpaired) electrons. The zero-order chi connectivity index (χ0) is 14.2. The Morgan fingerprint density at radius 2 is 1.48 bits per heavy atom. The SMILES string of the molecule is NC(Cc1ccccc1)C(=O)OCCc1ccccc1.[Cl-]. The van der Waals surface area contributed by atoms with Gasteiger partial charge in [0.25, 0.3) is 0 Å². The van der Waals surface area contributed by atoms with Crippen LogP contribution < -0.4 is 18.1 Å². The second kappa shape index (κ2) is 9.16. The van der Waals surface area contributed by atoms with E-state index in [0.29, 0.717) is 19.4 Å². The Kier molecular flexibility index (Phi) is 7.51. The van der Waals surface area contributed by atoms with Gasteiger partial charge < -0.3 is 22.9 Å². The number of carbonyl (C=O) groups excluding carboxylic acids is 1. The third kappa shape index (κ3) is 5.98. The number of hydrogen-bond donors (Lipinski definition) is 1. The fourth-order valence-electron chi connectivity index (χ4n) is 1.97. The van der Waals surface area contributed by atoms with Gasteiger partial charge in [-0.15, -0.1) is 0 Å². The highest BCUT2D eigenvalue weighted by molar-refractivity contribution is 5.75. The predicted octanol–water partition coefficient (Wildman–Crippen LogP) is -0.654. The van der Waals surface area contributed by atoms with Crippen molar-refractivity contribution in [1.29, 1.82) is 0 Å². The van der Waals surface area contributed by atoms with E-state index in [9.17, 15) is 4.79 Å². The first kappa shape index (κ1) is 17.2. The summed E-state index contributed by atoms with van der Waals surface area (Å²) in [5, 5.41) is 0. The molecular weight excluding hydrogens is 286 g/mol. The molecule has 2 N–H and O–H groups in total. The van der Waals surface area contributed by atoms with Crippen molar-refractivity contribution in [2.45, 2.75) is 18.9 Å². The van der Waals surface area contributed by atoms with Gasteiger partial charge in [0.1, 0.15) is 6.04 Å². The Hall–Kier alpha value is -1.84. The normalized spacial score (nSPS) is 11.3. The molecule has 0 aliphatic heterocycles. The summed E-state index contributed by atoms with van der Waals surface area (Å²) in [4.78, 5) is 11.8. The van der Waals surface area contributed by atoms with E-state index < -0.39 is 6.04 Å². The Balaban J connectivity index is 0.00000220. The quantitative estimate of drug-likeness (QED) is 0.722. The lowest BCUT2D eigenvalue weighted by atomic mass is 10.1. The summed E-state index contributed by atoms with van der Waals surface area (Å²) in [5.74, 6) is -0.343. The smallest absolute Gasteiger partial charge is 0.323 e. The molecule has 112 valence electrons. The minimum Gasteiger partial charge on any atom is -1.00 e. The minimum atomic E-state index is -0.604. The van der Waals surface area contributed by atoms with Crippen LogP contribution in [0.15, 0.2) is 60.7 Å². The molecule has 2 aromatic carbocycles. The summed E-state index contributed by atoms with van der Waals surface area (Å²) in [5.41, 5.74) is 8.05. The van der Waals surface area contributed by atoms with Crippen molar-refractivity contribution in [3.8, 4) is 0 Å². The Bertz CT molecular complexity index is 531. The topological polar surface area (TPSA) is 52.3 Å². The summed E-state index contributed by atoms with van der Waals surface area (Å²) in [7, 11) is 0. The second-order valence-corrected chi connectivity index (χ2v) is 4.70. The number of ether oxygens (including phenoxy) is 1. The van der Waals surface area contributed by atoms with Crippen molar-refractivity contribution in [2.75, 3.05) is 6.61 Å². The van der Waals surface area contributed by atoms with Crippen molar-refractivity contribution in [1.82, 2.24) is 0 Å². The summed E-state index contributed by atoms with van der Waals surface area (Å²) < 4.78 is 5.22. The predicted molar refractivity (Wildman–Crippen MR) is 79.2 cm³/mol. The molecule has 0 aliphatic rings. The first-order valence-electron chi connectivity index (χ1n) is 6.76. The van der Waals surface area contributed by atoms with Crippen LogP contribution in [0.25, 0.3) is 0 Å². The van der Waals surface area contributed by atoms with Crippen molar-refractivity contribution < 1.29 is 21.9 Å². The van der Waals surface area contributed by atoms with Gasteiger partial charge in [0, 0.05) is 6.42 Å². The largest absolute Gasteiger partial charge is 1.00 e. The van der Waals surface area contributed by atoms with E-state index in [1.807, 2.05) is 60.7 Å². The maximum atomic E-state index is 11.8. The number of hydrogen-bond acceptors (Lipinski definition) is 3. The highest BCUT2D eigenvalue weighted by atomic mass is 35.5. The zero-order valence-corrected chi connectivity index (χ0v) is 12.5. The number of rotatable bonds is 6. The van der Waals surface area contributed by atoms with Gasteiger partial charge >= 0.3 is 5.97 Å². The first-order chi connectivity index (χ1) is 9.75. The second-order valence-electron chi connectivity index (χ2n) is 4.70. The van der Waals surface area contributed by atoms with Crippen LogP contribution in [-0.4, -0.2) is 18.6 Å². The van der Waals surface area contributed by atoms with Crippen LogP contribution in [0.3, 0.4) is 0 Å². The average Bonchev–Trinajstić information content (AvgIpc) is 2.49. The van der Waals surface area contributed by atoms with Crippen LogP contribution in [0.2, 0.25) is 0 Å². The average molecular weight is 305 g/mol. The molecule has 1 unspecified atom stereocenters. The molecule has 0 heterocycles. The molecule has 0 fully saturated rings. The van der Waals surface area contributed by atoms with Crippen molar-refractivity contribution in [3.63, 3.8) is 0 Å². The van der Waals surface area contributed by atoms with E-state index in [1.165, 1.54) is 0 Å². The summed E-state index contributed by atoms with van der Waals surface area (Å²) >= 11 is 0. The number of carbonyl (C=O) groups is 1. The van der Waals surface area contributed by atoms with Gasteiger partial charge in [-0.3, -0.25) is 4.79 Å². The van der Waals surface area contributed by atoms with Crippen LogP contribution >= 0.6 is 0 Å². The lowest BCUT2D eigenvalue weighted by Crippen LogP contribution is -3.00. The van der Waals surface area contributed by atoms with Crippen molar-refractivity contribution in [2.24, 2.45) is 5.73 Å². The number of halogens is 1. The Morgan fingerprint density at radius 1 is 0.952 bits per heavy atom. The molecule has 1 atom stereocenters. The van der Waals surface area contributed by atoms with Gasteiger partial charge in [-0.25, -0.2) is 0 Å². The highest BCUT2D eigenvalue weighted by Gasteiger charge is 2.15. The summed E-state index contributed by atoms with van der Waals surface area (Å²) in [6.45, 7) is 0.366. The van der Waals surface area contributed by atoms with Crippen LogP contribution in [0.5, 0.6) is 0 Å². The molecular formula is C17H19ClNO2-. The fraction of sp³-hybridized carbons (Fsp3) is 0.235. The molecule has 3 nitrogen and oxygen atoms in total. The number of esters is 1. The lowest BCUT2D eigenvalue weighted by Gasteiger charge is -2.11. The van der Waals surface area contributed by atoms with E-state index in [1.54, 1.807) is 0 Å². The van der Waals surface area contributed by atoms with Crippen LogP contribution in [0, 0.1) is 0 Å². The molecule has 2 aromatic rings. The third-order valence-corrected chi connectivity index (χ3v) is 3.08. The van der Waals surface area contributed by atoms with Gasteiger partial charge in [0.05, 0.1) is 6.61 Å². The highest BCUT2D eigenvalue weighted by Crippen LogP contribution is 2.04. The molecule has 0 amide bonds. The van der Waals surface area contributed by atoms with Crippen LogP contribution in [0.1, 0.15) is 11.1 Å². The van der Waals surface area contributed by atoms with Crippen LogP contribution in [-0.2, 0) is 22.4 Å². The van der Waals surface area contributed by atoms with Gasteiger partial charge in [-0.2, -0.15) is 0 Å². The van der Waals surface area contributed by atoms with Gasteiger partial charge in [0.15, 0.2) is 0 Å². The third-order valence-electron chi connectivity index (χ3n) is 3.08. The van der Waals surface area contributed by atoms with Crippen molar-refractivity contribution >= 4 is 5.97 Å². The molecule has 0 aromatic heterocycles. The molecule has 4 heteroatoms. The van der Waals surface area contributed by atoms with E-state index in [0.717, 1.165) is 11.1 Å². The molecule has 0 saturated carbocycles. The van der Waals surface area contributed by atoms with Crippen LogP contribution in [0.4, 0.5) is 0 Å². The summed E-state index contributed by atoms with van der Waals surface area (Å²) in [6, 6.07) is 19.0. The molecule has 0 bridgehead atoms. The minimum absolute atomic E-state index is 0. The molecule has 0 saturated heterocycles. The molecule has 0 aliphatic carbocycles. The first-order valence-corrected chi connectivity index (χ1v) is 6.76. The van der Waals surface area contributed by atoms with Gasteiger partial charge in [-0.05, 0) is 17.5 Å². The maximum absolute atomic E-state index is 11.8. The lowest BCUT2D eigenvalue weighted by molar-refractivity contribution is -0.145. The molecule has 0 spiro atoms. The molecule has 21 heavy (non-hydrogen) atoms. The van der Waals surface area contributed by atoms with E-state index in [-0.39, 0.29) is 18.4 Å². The van der Waals surface area contributed by atoms with E-state index in [4.69, 9.17) is 10.5 Å². The fourth-order valence-corrected chi connectivity index (χ4v) is 1.97. The van der Waals surface area contributed by atoms with Crippen molar-refractivity contribution in [3.05, 3.63) is 71.8 Å². The standard InChI is InChI=1S/C17H19NO2.ClH/c18-16(13-15-9-5-2-6-10-15)17(19)20-12-11-14-7-3-1-4-8-14;/h1-10,16H,11-13,18H2;1H/p-1. The van der Waals surface area contributed by atoms with E-state index in [2.05, 4.69) is 0 Å².